The van der Waals surface area contributed by atoms with Gasteiger partial charge in [0.05, 0.1) is 5.69 Å². The monoisotopic (exact) mass is 407 g/mol. The van der Waals surface area contributed by atoms with Gasteiger partial charge in [-0.05, 0) is 48.5 Å². The highest BCUT2D eigenvalue weighted by molar-refractivity contribution is 5.99. The maximum absolute atomic E-state index is 13.6. The van der Waals surface area contributed by atoms with E-state index in [0.717, 1.165) is 12.1 Å². The molecule has 0 aliphatic heterocycles. The predicted molar refractivity (Wildman–Crippen MR) is 107 cm³/mol. The van der Waals surface area contributed by atoms with Crippen LogP contribution in [0.1, 0.15) is 0 Å². The van der Waals surface area contributed by atoms with Gasteiger partial charge in [0.25, 0.3) is 0 Å². The molecular formula is C21H15F2N5O2. The molecule has 0 unspecified atom stereocenters. The van der Waals surface area contributed by atoms with Gasteiger partial charge < -0.3 is 19.9 Å². The normalized spacial score (nSPS) is 10.5. The first kappa shape index (κ1) is 19.1. The van der Waals surface area contributed by atoms with E-state index in [1.807, 2.05) is 29.1 Å². The van der Waals surface area contributed by atoms with Crippen molar-refractivity contribution in [3.63, 3.8) is 0 Å². The summed E-state index contributed by atoms with van der Waals surface area (Å²) < 4.78 is 34.1. The Balaban J connectivity index is 1.38. The Morgan fingerprint density at radius 1 is 0.933 bits per heavy atom. The summed E-state index contributed by atoms with van der Waals surface area (Å²) in [7, 11) is 0. The van der Waals surface area contributed by atoms with Gasteiger partial charge in [-0.3, -0.25) is 0 Å². The average Bonchev–Trinajstić information content (AvgIpc) is 3.27. The zero-order chi connectivity index (χ0) is 20.9. The highest BCUT2D eigenvalue weighted by Crippen LogP contribution is 2.23. The predicted octanol–water partition coefficient (Wildman–Crippen LogP) is 4.98. The molecule has 0 atom stereocenters. The number of aromatic nitrogens is 3. The quantitative estimate of drug-likeness (QED) is 0.489. The topological polar surface area (TPSA) is 81.1 Å². The molecule has 150 valence electrons. The number of nitrogens with one attached hydrogen (secondary N) is 2. The second-order valence-corrected chi connectivity index (χ2v) is 6.13. The fraction of sp³-hybridized carbons (Fsp3) is 0. The number of hydrogen-bond donors (Lipinski definition) is 2. The van der Waals surface area contributed by atoms with Crippen molar-refractivity contribution in [2.75, 3.05) is 10.6 Å². The molecule has 2 N–H and O–H groups in total. The molecule has 2 heterocycles. The molecule has 2 aromatic carbocycles. The molecule has 30 heavy (non-hydrogen) atoms. The van der Waals surface area contributed by atoms with E-state index in [0.29, 0.717) is 29.2 Å². The molecule has 7 nitrogen and oxygen atoms in total. The van der Waals surface area contributed by atoms with Crippen LogP contribution in [0.5, 0.6) is 11.6 Å². The molecule has 4 aromatic rings. The largest absolute Gasteiger partial charge is 0.439 e. The molecule has 0 fully saturated rings. The minimum atomic E-state index is -0.863. The minimum absolute atomic E-state index is 0.129. The van der Waals surface area contributed by atoms with Gasteiger partial charge in [0.2, 0.25) is 5.88 Å². The lowest BCUT2D eigenvalue weighted by molar-refractivity contribution is 0.262. The van der Waals surface area contributed by atoms with Crippen LogP contribution in [0.15, 0.2) is 79.4 Å². The van der Waals surface area contributed by atoms with Crippen LogP contribution < -0.4 is 15.4 Å². The van der Waals surface area contributed by atoms with Crippen molar-refractivity contribution < 1.29 is 18.3 Å². The SMILES string of the molecule is O=C(Nc1ccc(Oc2cc(-n3cccc3)ncn2)cc1)Nc1ccc(F)cc1F. The minimum Gasteiger partial charge on any atom is -0.439 e. The lowest BCUT2D eigenvalue weighted by Gasteiger charge is -2.10. The van der Waals surface area contributed by atoms with Crippen LogP contribution >= 0.6 is 0 Å². The summed E-state index contributed by atoms with van der Waals surface area (Å²) >= 11 is 0. The summed E-state index contributed by atoms with van der Waals surface area (Å²) in [5.74, 6) is -0.0640. The Morgan fingerprint density at radius 2 is 1.70 bits per heavy atom. The third-order valence-corrected chi connectivity index (χ3v) is 4.01. The first-order chi connectivity index (χ1) is 14.6. The van der Waals surface area contributed by atoms with Gasteiger partial charge in [0.1, 0.15) is 29.5 Å². The Labute approximate surface area is 170 Å². The van der Waals surface area contributed by atoms with Crippen LogP contribution in [0.4, 0.5) is 25.0 Å². The molecule has 4 rings (SSSR count). The summed E-state index contributed by atoms with van der Waals surface area (Å²) in [6.07, 6.45) is 5.12. The van der Waals surface area contributed by atoms with Gasteiger partial charge in [0, 0.05) is 30.2 Å². The first-order valence-electron chi connectivity index (χ1n) is 8.83. The third kappa shape index (κ3) is 4.58. The lowest BCUT2D eigenvalue weighted by atomic mass is 10.3. The van der Waals surface area contributed by atoms with E-state index in [4.69, 9.17) is 4.74 Å². The Hall–Kier alpha value is -4.27. The second kappa shape index (κ2) is 8.39. The maximum atomic E-state index is 13.6. The van der Waals surface area contributed by atoms with Gasteiger partial charge in [-0.25, -0.2) is 23.5 Å². The van der Waals surface area contributed by atoms with Crippen molar-refractivity contribution in [1.82, 2.24) is 14.5 Å². The third-order valence-electron chi connectivity index (χ3n) is 4.01. The second-order valence-electron chi connectivity index (χ2n) is 6.13. The lowest BCUT2D eigenvalue weighted by Crippen LogP contribution is -2.20. The van der Waals surface area contributed by atoms with Crippen LogP contribution in [0.2, 0.25) is 0 Å². The van der Waals surface area contributed by atoms with Gasteiger partial charge in [-0.15, -0.1) is 0 Å². The molecule has 2 amide bonds. The number of carbonyl (C=O) groups excluding carboxylic acids is 1. The Morgan fingerprint density at radius 3 is 2.43 bits per heavy atom. The molecule has 0 aliphatic carbocycles. The number of anilines is 2. The van der Waals surface area contributed by atoms with E-state index in [-0.39, 0.29) is 5.69 Å². The number of nitrogens with zero attached hydrogens (tertiary/aromatic N) is 3. The first-order valence-corrected chi connectivity index (χ1v) is 8.83. The van der Waals surface area contributed by atoms with E-state index in [2.05, 4.69) is 20.6 Å². The van der Waals surface area contributed by atoms with Gasteiger partial charge in [-0.1, -0.05) is 0 Å². The smallest absolute Gasteiger partial charge is 0.323 e. The highest BCUT2D eigenvalue weighted by atomic mass is 19.1. The van der Waals surface area contributed by atoms with E-state index in [9.17, 15) is 13.6 Å². The number of hydrogen-bond acceptors (Lipinski definition) is 4. The molecule has 0 saturated carbocycles. The molecule has 0 spiro atoms. The molecule has 0 aliphatic rings. The van der Waals surface area contributed by atoms with Crippen LogP contribution in [-0.4, -0.2) is 20.6 Å². The summed E-state index contributed by atoms with van der Waals surface area (Å²) in [6, 6.07) is 14.2. The zero-order valence-corrected chi connectivity index (χ0v) is 15.4. The van der Waals surface area contributed by atoms with Crippen molar-refractivity contribution in [3.05, 3.63) is 91.0 Å². The number of benzene rings is 2. The number of carbonyl (C=O) groups is 1. The summed E-state index contributed by atoms with van der Waals surface area (Å²) in [6.45, 7) is 0. The molecule has 0 saturated heterocycles. The summed E-state index contributed by atoms with van der Waals surface area (Å²) in [5.41, 5.74) is 0.328. The zero-order valence-electron chi connectivity index (χ0n) is 15.4. The fourth-order valence-electron chi connectivity index (χ4n) is 2.62. The molecule has 9 heteroatoms. The Kier molecular flexibility index (Phi) is 5.33. The number of amides is 2. The molecular weight excluding hydrogens is 392 g/mol. The van der Waals surface area contributed by atoms with Crippen LogP contribution in [-0.2, 0) is 0 Å². The van der Waals surface area contributed by atoms with E-state index in [1.54, 1.807) is 30.3 Å². The molecule has 2 aromatic heterocycles. The fourth-order valence-corrected chi connectivity index (χ4v) is 2.62. The van der Waals surface area contributed by atoms with Crippen molar-refractivity contribution in [2.45, 2.75) is 0 Å². The summed E-state index contributed by atoms with van der Waals surface area (Å²) in [4.78, 5) is 20.3. The summed E-state index contributed by atoms with van der Waals surface area (Å²) in [5, 5.41) is 4.87. The number of rotatable bonds is 5. The Bertz CT molecular complexity index is 1160. The van der Waals surface area contributed by atoms with Crippen LogP contribution in [0.25, 0.3) is 5.82 Å². The standard InChI is InChI=1S/C21H15F2N5O2/c22-14-3-8-18(17(23)11-14)27-21(29)26-15-4-6-16(7-5-15)30-20-12-19(24-13-25-20)28-9-1-2-10-28/h1-13H,(H2,26,27,29). The van der Waals surface area contributed by atoms with Crippen molar-refractivity contribution in [1.29, 1.82) is 0 Å². The maximum Gasteiger partial charge on any atom is 0.323 e. The van der Waals surface area contributed by atoms with E-state index < -0.39 is 17.7 Å². The van der Waals surface area contributed by atoms with Crippen molar-refractivity contribution in [2.24, 2.45) is 0 Å². The van der Waals surface area contributed by atoms with E-state index >= 15 is 0 Å². The van der Waals surface area contributed by atoms with Crippen LogP contribution in [0, 0.1) is 11.6 Å². The van der Waals surface area contributed by atoms with Crippen molar-refractivity contribution >= 4 is 17.4 Å². The number of halogens is 2. The molecule has 0 bridgehead atoms. The highest BCUT2D eigenvalue weighted by Gasteiger charge is 2.09. The van der Waals surface area contributed by atoms with Gasteiger partial charge in [0.15, 0.2) is 0 Å². The van der Waals surface area contributed by atoms with Crippen molar-refractivity contribution in [3.8, 4) is 17.4 Å². The van der Waals surface area contributed by atoms with E-state index in [1.165, 1.54) is 6.33 Å². The number of ether oxygens (including phenoxy) is 1. The number of urea groups is 1. The van der Waals surface area contributed by atoms with Gasteiger partial charge >= 0.3 is 6.03 Å². The van der Waals surface area contributed by atoms with Gasteiger partial charge in [-0.2, -0.15) is 0 Å². The molecule has 0 radical (unpaired) electrons. The average molecular weight is 407 g/mol. The van der Waals surface area contributed by atoms with Crippen LogP contribution in [0.3, 0.4) is 0 Å².